The van der Waals surface area contributed by atoms with E-state index in [-0.39, 0.29) is 25.2 Å². The predicted octanol–water partition coefficient (Wildman–Crippen LogP) is 4.43. The van der Waals surface area contributed by atoms with Gasteiger partial charge in [0.2, 0.25) is 0 Å². The molecule has 0 spiro atoms. The average Bonchev–Trinajstić information content (AvgIpc) is 2.75. The van der Waals surface area contributed by atoms with Gasteiger partial charge in [0.25, 0.3) is 0 Å². The van der Waals surface area contributed by atoms with Crippen molar-refractivity contribution in [3.63, 3.8) is 0 Å². The molecule has 0 saturated carbocycles. The fourth-order valence-corrected chi connectivity index (χ4v) is 3.48. The molecule has 6 heteroatoms. The molecule has 5 nitrogen and oxygen atoms in total. The van der Waals surface area contributed by atoms with Gasteiger partial charge in [-0.05, 0) is 36.4 Å². The van der Waals surface area contributed by atoms with Gasteiger partial charge in [-0.25, -0.2) is 0 Å². The molecule has 146 valence electrons. The number of pyridine rings is 1. The maximum absolute atomic E-state index is 12.7. The smallest absolute Gasteiger partial charge is 0.326 e. The molecule has 0 aliphatic rings. The summed E-state index contributed by atoms with van der Waals surface area (Å²) in [5.41, 5.74) is 1.34. The molecule has 3 aromatic carbocycles. The molecular weight excluding hydrogens is 390 g/mol. The van der Waals surface area contributed by atoms with Crippen LogP contribution >= 0.6 is 11.6 Å². The van der Waals surface area contributed by atoms with Gasteiger partial charge in [0.15, 0.2) is 5.43 Å². The highest BCUT2D eigenvalue weighted by molar-refractivity contribution is 6.32. The van der Waals surface area contributed by atoms with Gasteiger partial charge < -0.3 is 14.0 Å². The van der Waals surface area contributed by atoms with Crippen molar-refractivity contribution in [3.05, 3.63) is 88.0 Å². The highest BCUT2D eigenvalue weighted by Gasteiger charge is 2.13. The number of esters is 1. The van der Waals surface area contributed by atoms with E-state index in [1.807, 2.05) is 53.1 Å². The minimum atomic E-state index is -0.410. The Hall–Kier alpha value is -3.31. The molecule has 0 amide bonds. The Kier molecular flexibility index (Phi) is 5.49. The lowest BCUT2D eigenvalue weighted by molar-refractivity contribution is -0.144. The maximum atomic E-state index is 12.7. The molecule has 1 aromatic heterocycles. The third kappa shape index (κ3) is 3.96. The minimum absolute atomic E-state index is 0.00655. The fourth-order valence-electron chi connectivity index (χ4n) is 3.29. The van der Waals surface area contributed by atoms with E-state index < -0.39 is 5.97 Å². The molecular formula is C23H18ClNO4. The molecule has 0 atom stereocenters. The van der Waals surface area contributed by atoms with Crippen LogP contribution in [0, 0.1) is 0 Å². The second-order valence-electron chi connectivity index (χ2n) is 6.45. The van der Waals surface area contributed by atoms with E-state index in [1.54, 1.807) is 24.3 Å². The highest BCUT2D eigenvalue weighted by atomic mass is 35.5. The molecule has 0 bridgehead atoms. The van der Waals surface area contributed by atoms with E-state index in [2.05, 4.69) is 0 Å². The SMILES string of the molecule is O=C(Cn1c2ccccc2c(=O)c2ccccc21)OCCOc1ccccc1Cl. The van der Waals surface area contributed by atoms with Crippen LogP contribution in [-0.4, -0.2) is 23.8 Å². The van der Waals surface area contributed by atoms with Crippen LogP contribution in [0.3, 0.4) is 0 Å². The molecule has 29 heavy (non-hydrogen) atoms. The summed E-state index contributed by atoms with van der Waals surface area (Å²) in [6.45, 7) is 0.286. The van der Waals surface area contributed by atoms with E-state index in [0.29, 0.717) is 32.6 Å². The third-order valence-corrected chi connectivity index (χ3v) is 4.92. The first-order valence-electron chi connectivity index (χ1n) is 9.18. The predicted molar refractivity (Wildman–Crippen MR) is 114 cm³/mol. The lowest BCUT2D eigenvalue weighted by atomic mass is 10.1. The number of nitrogens with zero attached hydrogens (tertiary/aromatic N) is 1. The molecule has 0 aliphatic heterocycles. The Morgan fingerprint density at radius 2 is 1.41 bits per heavy atom. The van der Waals surface area contributed by atoms with Crippen molar-refractivity contribution in [1.29, 1.82) is 0 Å². The lowest BCUT2D eigenvalue weighted by Crippen LogP contribution is -2.20. The Bertz CT molecular complexity index is 1190. The molecule has 4 rings (SSSR count). The Labute approximate surface area is 172 Å². The second kappa shape index (κ2) is 8.37. The molecule has 1 heterocycles. The van der Waals surface area contributed by atoms with Gasteiger partial charge in [-0.3, -0.25) is 9.59 Å². The third-order valence-electron chi connectivity index (χ3n) is 4.61. The number of para-hydroxylation sites is 3. The summed E-state index contributed by atoms with van der Waals surface area (Å²) in [7, 11) is 0. The van der Waals surface area contributed by atoms with Gasteiger partial charge in [0.1, 0.15) is 25.5 Å². The Morgan fingerprint density at radius 1 is 0.828 bits per heavy atom. The van der Waals surface area contributed by atoms with Crippen molar-refractivity contribution in [2.24, 2.45) is 0 Å². The van der Waals surface area contributed by atoms with Gasteiger partial charge in [-0.2, -0.15) is 0 Å². The summed E-state index contributed by atoms with van der Waals surface area (Å²) < 4.78 is 12.7. The van der Waals surface area contributed by atoms with Crippen LogP contribution in [-0.2, 0) is 16.1 Å². The monoisotopic (exact) mass is 407 g/mol. The molecule has 0 fully saturated rings. The summed E-state index contributed by atoms with van der Waals surface area (Å²) in [5.74, 6) is 0.134. The average molecular weight is 408 g/mol. The zero-order valence-electron chi connectivity index (χ0n) is 15.5. The van der Waals surface area contributed by atoms with Crippen LogP contribution in [0.2, 0.25) is 5.02 Å². The molecule has 0 saturated heterocycles. The normalized spacial score (nSPS) is 10.9. The number of carbonyl (C=O) groups is 1. The van der Waals surface area contributed by atoms with Crippen molar-refractivity contribution in [2.75, 3.05) is 13.2 Å². The first-order chi connectivity index (χ1) is 14.1. The van der Waals surface area contributed by atoms with Gasteiger partial charge in [-0.15, -0.1) is 0 Å². The number of halogens is 1. The van der Waals surface area contributed by atoms with Crippen molar-refractivity contribution in [1.82, 2.24) is 4.57 Å². The summed E-state index contributed by atoms with van der Waals surface area (Å²) in [5, 5.41) is 1.65. The fraction of sp³-hybridized carbons (Fsp3) is 0.130. The zero-order valence-corrected chi connectivity index (χ0v) is 16.3. The van der Waals surface area contributed by atoms with Gasteiger partial charge in [0, 0.05) is 10.8 Å². The first-order valence-corrected chi connectivity index (χ1v) is 9.56. The van der Waals surface area contributed by atoms with E-state index in [0.717, 1.165) is 0 Å². The molecule has 4 aromatic rings. The number of carbonyl (C=O) groups excluding carboxylic acids is 1. The lowest BCUT2D eigenvalue weighted by Gasteiger charge is -2.15. The number of hydrogen-bond acceptors (Lipinski definition) is 4. The van der Waals surface area contributed by atoms with E-state index in [9.17, 15) is 9.59 Å². The number of aromatic nitrogens is 1. The largest absolute Gasteiger partial charge is 0.488 e. The Morgan fingerprint density at radius 3 is 2.07 bits per heavy atom. The first kappa shape index (κ1) is 19.0. The topological polar surface area (TPSA) is 57.5 Å². The van der Waals surface area contributed by atoms with E-state index in [1.165, 1.54) is 0 Å². The number of benzene rings is 3. The summed E-state index contributed by atoms with van der Waals surface area (Å²) >= 11 is 6.04. The summed E-state index contributed by atoms with van der Waals surface area (Å²) in [4.78, 5) is 25.2. The van der Waals surface area contributed by atoms with Gasteiger partial charge >= 0.3 is 5.97 Å². The molecule has 0 radical (unpaired) electrons. The highest BCUT2D eigenvalue weighted by Crippen LogP contribution is 2.23. The quantitative estimate of drug-likeness (QED) is 0.269. The zero-order chi connectivity index (χ0) is 20.2. The van der Waals surface area contributed by atoms with Gasteiger partial charge in [0.05, 0.1) is 16.1 Å². The minimum Gasteiger partial charge on any atom is -0.488 e. The number of hydrogen-bond donors (Lipinski definition) is 0. The molecule has 0 unspecified atom stereocenters. The second-order valence-corrected chi connectivity index (χ2v) is 6.86. The molecule has 0 aliphatic carbocycles. The van der Waals surface area contributed by atoms with Crippen molar-refractivity contribution in [2.45, 2.75) is 6.54 Å². The van der Waals surface area contributed by atoms with Crippen molar-refractivity contribution in [3.8, 4) is 5.75 Å². The van der Waals surface area contributed by atoms with Crippen LogP contribution < -0.4 is 10.2 Å². The Balaban J connectivity index is 1.51. The molecule has 0 N–H and O–H groups in total. The summed E-state index contributed by atoms with van der Waals surface area (Å²) in [6, 6.07) is 21.6. The van der Waals surface area contributed by atoms with E-state index in [4.69, 9.17) is 21.1 Å². The van der Waals surface area contributed by atoms with Crippen LogP contribution in [0.1, 0.15) is 0 Å². The maximum Gasteiger partial charge on any atom is 0.326 e. The number of fused-ring (bicyclic) bond motifs is 2. The summed E-state index contributed by atoms with van der Waals surface area (Å²) in [6.07, 6.45) is 0. The van der Waals surface area contributed by atoms with Crippen molar-refractivity contribution < 1.29 is 14.3 Å². The van der Waals surface area contributed by atoms with Gasteiger partial charge in [-0.1, -0.05) is 48.0 Å². The van der Waals surface area contributed by atoms with E-state index >= 15 is 0 Å². The standard InChI is InChI=1S/C23H18ClNO4/c24-18-9-3-6-12-21(18)28-13-14-29-22(26)15-25-19-10-4-1-7-16(19)23(27)17-8-2-5-11-20(17)25/h1-12H,13-15H2. The van der Waals surface area contributed by atoms with Crippen molar-refractivity contribution >= 4 is 39.4 Å². The number of rotatable bonds is 6. The van der Waals surface area contributed by atoms with Crippen LogP contribution in [0.5, 0.6) is 5.75 Å². The van der Waals surface area contributed by atoms with Crippen LogP contribution in [0.15, 0.2) is 77.6 Å². The van der Waals surface area contributed by atoms with Crippen LogP contribution in [0.4, 0.5) is 0 Å². The number of ether oxygens (including phenoxy) is 2. The van der Waals surface area contributed by atoms with Crippen LogP contribution in [0.25, 0.3) is 21.8 Å².